The number of halogens is 1. The number of hydrogen-bond acceptors (Lipinski definition) is 6. The third kappa shape index (κ3) is 8.03. The zero-order chi connectivity index (χ0) is 19.8. The highest BCUT2D eigenvalue weighted by molar-refractivity contribution is 14.0. The molecule has 29 heavy (non-hydrogen) atoms. The molecule has 1 aromatic heterocycles. The summed E-state index contributed by atoms with van der Waals surface area (Å²) in [4.78, 5) is 12.2. The summed E-state index contributed by atoms with van der Waals surface area (Å²) in [6, 6.07) is 2.02. The molecule has 9 heteroatoms. The predicted octanol–water partition coefficient (Wildman–Crippen LogP) is 1.65. The van der Waals surface area contributed by atoms with Gasteiger partial charge in [-0.05, 0) is 19.8 Å². The van der Waals surface area contributed by atoms with Crippen LogP contribution < -0.4 is 5.32 Å². The molecule has 2 saturated heterocycles. The Morgan fingerprint density at radius 1 is 1.17 bits per heavy atom. The first-order chi connectivity index (χ1) is 13.6. The van der Waals surface area contributed by atoms with E-state index in [9.17, 15) is 0 Å². The number of guanidine groups is 1. The number of aryl methyl sites for hydroxylation is 1. The fourth-order valence-electron chi connectivity index (χ4n) is 3.79. The molecule has 166 valence electrons. The second-order valence-electron chi connectivity index (χ2n) is 7.90. The van der Waals surface area contributed by atoms with Crippen LogP contribution in [0.25, 0.3) is 0 Å². The Morgan fingerprint density at radius 2 is 1.90 bits per heavy atom. The molecule has 1 N–H and O–H groups in total. The van der Waals surface area contributed by atoms with Crippen molar-refractivity contribution < 1.29 is 9.26 Å². The molecule has 1 unspecified atom stereocenters. The van der Waals surface area contributed by atoms with Crippen molar-refractivity contribution in [3.05, 3.63) is 17.5 Å². The monoisotopic (exact) mass is 520 g/mol. The van der Waals surface area contributed by atoms with Crippen LogP contribution in [-0.2, 0) is 11.3 Å². The van der Waals surface area contributed by atoms with Crippen LogP contribution in [-0.4, -0.2) is 97.9 Å². The number of nitrogens with zero attached hydrogens (tertiary/aromatic N) is 5. The van der Waals surface area contributed by atoms with Crippen LogP contribution in [0.15, 0.2) is 15.6 Å². The van der Waals surface area contributed by atoms with E-state index in [0.717, 1.165) is 96.1 Å². The van der Waals surface area contributed by atoms with Crippen molar-refractivity contribution >= 4 is 29.9 Å². The largest absolute Gasteiger partial charge is 0.379 e. The lowest BCUT2D eigenvalue weighted by molar-refractivity contribution is 0.0323. The van der Waals surface area contributed by atoms with E-state index in [1.807, 2.05) is 13.0 Å². The van der Waals surface area contributed by atoms with Crippen molar-refractivity contribution in [2.24, 2.45) is 10.9 Å². The van der Waals surface area contributed by atoms with Crippen molar-refractivity contribution in [1.82, 2.24) is 25.2 Å². The smallest absolute Gasteiger partial charge is 0.194 e. The zero-order valence-corrected chi connectivity index (χ0v) is 20.4. The molecule has 0 amide bonds. The molecule has 2 aliphatic heterocycles. The maximum atomic E-state index is 5.44. The van der Waals surface area contributed by atoms with Crippen molar-refractivity contribution in [2.45, 2.75) is 27.3 Å². The first-order valence-electron chi connectivity index (χ1n) is 10.6. The molecule has 0 spiro atoms. The van der Waals surface area contributed by atoms with Crippen molar-refractivity contribution in [3.63, 3.8) is 0 Å². The van der Waals surface area contributed by atoms with Gasteiger partial charge in [-0.25, -0.2) is 0 Å². The molecule has 3 rings (SSSR count). The lowest BCUT2D eigenvalue weighted by Gasteiger charge is -2.36. The van der Waals surface area contributed by atoms with Crippen molar-refractivity contribution in [1.29, 1.82) is 0 Å². The highest BCUT2D eigenvalue weighted by Gasteiger charge is 2.21. The minimum Gasteiger partial charge on any atom is -0.379 e. The molecule has 0 aliphatic carbocycles. The molecule has 3 heterocycles. The summed E-state index contributed by atoms with van der Waals surface area (Å²) in [5, 5.41) is 7.59. The van der Waals surface area contributed by atoms with E-state index in [1.165, 1.54) is 0 Å². The molecule has 2 aliphatic rings. The topological polar surface area (TPSA) is 69.4 Å². The van der Waals surface area contributed by atoms with Crippen molar-refractivity contribution in [3.8, 4) is 0 Å². The Morgan fingerprint density at radius 3 is 2.52 bits per heavy atom. The van der Waals surface area contributed by atoms with Gasteiger partial charge in [0.25, 0.3) is 0 Å². The second kappa shape index (κ2) is 12.7. The molecule has 2 fully saturated rings. The molecular weight excluding hydrogens is 483 g/mol. The molecule has 8 nitrogen and oxygen atoms in total. The van der Waals surface area contributed by atoms with Crippen LogP contribution >= 0.6 is 24.0 Å². The maximum absolute atomic E-state index is 5.44. The number of aliphatic imine (C=N–C) groups is 1. The predicted molar refractivity (Wildman–Crippen MR) is 126 cm³/mol. The van der Waals surface area contributed by atoms with Crippen LogP contribution in [0, 0.1) is 12.8 Å². The first-order valence-corrected chi connectivity index (χ1v) is 10.6. The summed E-state index contributed by atoms with van der Waals surface area (Å²) < 4.78 is 10.6. The second-order valence-corrected chi connectivity index (χ2v) is 7.90. The van der Waals surface area contributed by atoms with E-state index in [1.54, 1.807) is 0 Å². The van der Waals surface area contributed by atoms with E-state index >= 15 is 0 Å². The number of rotatable bonds is 7. The molecule has 0 radical (unpaired) electrons. The van der Waals surface area contributed by atoms with E-state index in [2.05, 4.69) is 39.0 Å². The van der Waals surface area contributed by atoms with Gasteiger partial charge in [-0.15, -0.1) is 24.0 Å². The summed E-state index contributed by atoms with van der Waals surface area (Å²) in [5.41, 5.74) is 1.02. The normalized spacial score (nSPS) is 20.4. The van der Waals surface area contributed by atoms with Gasteiger partial charge in [-0.2, -0.15) is 0 Å². The van der Waals surface area contributed by atoms with Gasteiger partial charge in [-0.3, -0.25) is 14.8 Å². The number of aromatic nitrogens is 1. The maximum Gasteiger partial charge on any atom is 0.194 e. The number of piperazine rings is 1. The van der Waals surface area contributed by atoms with Gasteiger partial charge in [0.1, 0.15) is 5.76 Å². The van der Waals surface area contributed by atoms with Crippen molar-refractivity contribution in [2.75, 3.05) is 72.1 Å². The SMILES string of the molecule is CCNC(=NCC(C)CN1CCOCC1)N1CCN(Cc2cc(C)on2)CC1.I. The van der Waals surface area contributed by atoms with Gasteiger partial charge < -0.3 is 19.5 Å². The van der Waals surface area contributed by atoms with E-state index in [0.29, 0.717) is 5.92 Å². The van der Waals surface area contributed by atoms with E-state index in [4.69, 9.17) is 14.3 Å². The minimum atomic E-state index is 0. The highest BCUT2D eigenvalue weighted by atomic mass is 127. The molecule has 0 saturated carbocycles. The Hall–Kier alpha value is -0.910. The van der Waals surface area contributed by atoms with Gasteiger partial charge in [0.15, 0.2) is 5.96 Å². The molecule has 1 aromatic rings. The average Bonchev–Trinajstić information content (AvgIpc) is 3.11. The lowest BCUT2D eigenvalue weighted by Crippen LogP contribution is -2.52. The van der Waals surface area contributed by atoms with Crippen LogP contribution in [0.5, 0.6) is 0 Å². The first kappa shape index (κ1) is 24.4. The third-order valence-corrected chi connectivity index (χ3v) is 5.30. The highest BCUT2D eigenvalue weighted by Crippen LogP contribution is 2.10. The number of hydrogen-bond donors (Lipinski definition) is 1. The van der Waals surface area contributed by atoms with Gasteiger partial charge >= 0.3 is 0 Å². The van der Waals surface area contributed by atoms with Gasteiger partial charge in [0.05, 0.1) is 18.9 Å². The Bertz CT molecular complexity index is 612. The Balaban J connectivity index is 0.00000300. The van der Waals surface area contributed by atoms with Crippen LogP contribution in [0.2, 0.25) is 0 Å². The summed E-state index contributed by atoms with van der Waals surface area (Å²) >= 11 is 0. The zero-order valence-electron chi connectivity index (χ0n) is 18.1. The van der Waals surface area contributed by atoms with Gasteiger partial charge in [0.2, 0.25) is 0 Å². The Kier molecular flexibility index (Phi) is 10.7. The van der Waals surface area contributed by atoms with E-state index < -0.39 is 0 Å². The number of nitrogens with one attached hydrogen (secondary N) is 1. The fraction of sp³-hybridized carbons (Fsp3) is 0.800. The van der Waals surface area contributed by atoms with Gasteiger partial charge in [-0.1, -0.05) is 12.1 Å². The quantitative estimate of drug-likeness (QED) is 0.333. The minimum absolute atomic E-state index is 0. The third-order valence-electron chi connectivity index (χ3n) is 5.30. The van der Waals surface area contributed by atoms with Crippen LogP contribution in [0.4, 0.5) is 0 Å². The van der Waals surface area contributed by atoms with Crippen LogP contribution in [0.3, 0.4) is 0 Å². The summed E-state index contributed by atoms with van der Waals surface area (Å²) in [6.07, 6.45) is 0. The summed E-state index contributed by atoms with van der Waals surface area (Å²) in [7, 11) is 0. The standard InChI is InChI=1S/C20H36N6O2.HI/c1-4-21-20(22-14-17(2)15-25-9-11-27-12-10-25)26-7-5-24(6-8-26)16-19-13-18(3)28-23-19;/h13,17H,4-12,14-16H2,1-3H3,(H,21,22);1H. The number of ether oxygens (including phenoxy) is 1. The van der Waals surface area contributed by atoms with Gasteiger partial charge in [0, 0.05) is 71.5 Å². The molecule has 0 aromatic carbocycles. The summed E-state index contributed by atoms with van der Waals surface area (Å²) in [6.45, 7) is 17.9. The molecule has 0 bridgehead atoms. The summed E-state index contributed by atoms with van der Waals surface area (Å²) in [5.74, 6) is 2.47. The average molecular weight is 520 g/mol. The van der Waals surface area contributed by atoms with Crippen LogP contribution in [0.1, 0.15) is 25.3 Å². The number of morpholine rings is 1. The fourth-order valence-corrected chi connectivity index (χ4v) is 3.79. The molecule has 1 atom stereocenters. The lowest BCUT2D eigenvalue weighted by atomic mass is 10.1. The van der Waals surface area contributed by atoms with E-state index in [-0.39, 0.29) is 24.0 Å². The molecular formula is C20H37IN6O2. The Labute approximate surface area is 192 Å².